The molecule has 3 amide bonds. The quantitative estimate of drug-likeness (QED) is 0.741. The molecule has 1 rings (SSSR count). The Morgan fingerprint density at radius 3 is 2.35 bits per heavy atom. The number of carbonyl (C=O) groups is 2. The fourth-order valence-electron chi connectivity index (χ4n) is 1.26. The van der Waals surface area contributed by atoms with Gasteiger partial charge in [0, 0.05) is 24.8 Å². The average Bonchev–Trinajstić information content (AvgIpc) is 2.36. The van der Waals surface area contributed by atoms with Crippen LogP contribution in [0.15, 0.2) is 24.3 Å². The Hall–Kier alpha value is -2.04. The van der Waals surface area contributed by atoms with E-state index in [-0.39, 0.29) is 11.9 Å². The number of benzene rings is 1. The van der Waals surface area contributed by atoms with E-state index >= 15 is 0 Å². The van der Waals surface area contributed by atoms with Gasteiger partial charge in [-0.2, -0.15) is 0 Å². The Kier molecular flexibility index (Phi) is 5.00. The molecule has 0 radical (unpaired) electrons. The molecule has 0 aliphatic heterocycles. The zero-order chi connectivity index (χ0) is 12.7. The molecule has 0 aliphatic rings. The predicted molar refractivity (Wildman–Crippen MR) is 67.1 cm³/mol. The van der Waals surface area contributed by atoms with E-state index in [0.717, 1.165) is 6.42 Å². The van der Waals surface area contributed by atoms with Gasteiger partial charge in [0.15, 0.2) is 0 Å². The third-order valence-electron chi connectivity index (χ3n) is 2.17. The fourth-order valence-corrected chi connectivity index (χ4v) is 1.26. The van der Waals surface area contributed by atoms with Crippen molar-refractivity contribution in [2.24, 2.45) is 0 Å². The van der Waals surface area contributed by atoms with Gasteiger partial charge in [-0.05, 0) is 30.7 Å². The van der Waals surface area contributed by atoms with E-state index in [2.05, 4.69) is 16.0 Å². The van der Waals surface area contributed by atoms with Crippen molar-refractivity contribution < 1.29 is 9.59 Å². The molecule has 0 aromatic heterocycles. The van der Waals surface area contributed by atoms with E-state index in [9.17, 15) is 9.59 Å². The van der Waals surface area contributed by atoms with Crippen molar-refractivity contribution in [3.63, 3.8) is 0 Å². The molecule has 0 atom stereocenters. The van der Waals surface area contributed by atoms with Crippen LogP contribution in [0.5, 0.6) is 0 Å². The van der Waals surface area contributed by atoms with Gasteiger partial charge in [0.1, 0.15) is 0 Å². The summed E-state index contributed by atoms with van der Waals surface area (Å²) in [5, 5.41) is 7.91. The molecule has 1 aromatic rings. The highest BCUT2D eigenvalue weighted by atomic mass is 16.2. The molecule has 0 saturated heterocycles. The van der Waals surface area contributed by atoms with Crippen LogP contribution in [0.2, 0.25) is 0 Å². The van der Waals surface area contributed by atoms with Gasteiger partial charge in [0.2, 0.25) is 0 Å². The maximum Gasteiger partial charge on any atom is 0.319 e. The zero-order valence-electron chi connectivity index (χ0n) is 10.0. The van der Waals surface area contributed by atoms with Crippen LogP contribution >= 0.6 is 0 Å². The molecule has 0 heterocycles. The molecule has 0 unspecified atom stereocenters. The molecule has 17 heavy (non-hydrogen) atoms. The average molecular weight is 235 g/mol. The summed E-state index contributed by atoms with van der Waals surface area (Å²) in [7, 11) is 1.58. The fraction of sp³-hybridized carbons (Fsp3) is 0.333. The van der Waals surface area contributed by atoms with Crippen LogP contribution in [0.4, 0.5) is 10.5 Å². The Morgan fingerprint density at radius 1 is 1.18 bits per heavy atom. The number of carbonyl (C=O) groups excluding carboxylic acids is 2. The van der Waals surface area contributed by atoms with E-state index in [1.165, 1.54) is 0 Å². The highest BCUT2D eigenvalue weighted by Gasteiger charge is 2.03. The number of nitrogens with one attached hydrogen (secondary N) is 3. The van der Waals surface area contributed by atoms with Crippen molar-refractivity contribution in [2.75, 3.05) is 18.9 Å². The number of urea groups is 1. The van der Waals surface area contributed by atoms with Crippen LogP contribution in [0, 0.1) is 0 Å². The second kappa shape index (κ2) is 6.52. The van der Waals surface area contributed by atoms with Crippen LogP contribution in [0.3, 0.4) is 0 Å². The van der Waals surface area contributed by atoms with Gasteiger partial charge >= 0.3 is 6.03 Å². The van der Waals surface area contributed by atoms with Crippen molar-refractivity contribution in [3.05, 3.63) is 29.8 Å². The Labute approximate surface area is 101 Å². The minimum Gasteiger partial charge on any atom is -0.355 e. The lowest BCUT2D eigenvalue weighted by atomic mass is 10.2. The van der Waals surface area contributed by atoms with Gasteiger partial charge < -0.3 is 16.0 Å². The molecule has 1 aromatic carbocycles. The number of hydrogen-bond acceptors (Lipinski definition) is 2. The summed E-state index contributed by atoms with van der Waals surface area (Å²) in [6, 6.07) is 6.47. The van der Waals surface area contributed by atoms with Crippen LogP contribution in [-0.4, -0.2) is 25.5 Å². The van der Waals surface area contributed by atoms with Gasteiger partial charge in [0.25, 0.3) is 5.91 Å². The zero-order valence-corrected chi connectivity index (χ0v) is 10.0. The van der Waals surface area contributed by atoms with E-state index in [4.69, 9.17) is 0 Å². The van der Waals surface area contributed by atoms with Gasteiger partial charge in [-0.15, -0.1) is 0 Å². The first kappa shape index (κ1) is 13.0. The first-order valence-electron chi connectivity index (χ1n) is 5.54. The molecule has 0 bridgehead atoms. The van der Waals surface area contributed by atoms with Gasteiger partial charge in [-0.3, -0.25) is 4.79 Å². The first-order chi connectivity index (χ1) is 8.17. The minimum atomic E-state index is -0.237. The standard InChI is InChI=1S/C12H17N3O2/c1-3-8-14-12(17)15-10-6-4-9(5-7-10)11(16)13-2/h4-7H,3,8H2,1-2H3,(H,13,16)(H2,14,15,17). The van der Waals surface area contributed by atoms with Crippen LogP contribution in [0.1, 0.15) is 23.7 Å². The van der Waals surface area contributed by atoms with Crippen LogP contribution in [-0.2, 0) is 0 Å². The van der Waals surface area contributed by atoms with Gasteiger partial charge in [-0.1, -0.05) is 6.92 Å². The van der Waals surface area contributed by atoms with Crippen molar-refractivity contribution in [1.29, 1.82) is 0 Å². The molecule has 0 spiro atoms. The molecular weight excluding hydrogens is 218 g/mol. The molecule has 5 nitrogen and oxygen atoms in total. The third kappa shape index (κ3) is 4.14. The molecular formula is C12H17N3O2. The van der Waals surface area contributed by atoms with Crippen molar-refractivity contribution >= 4 is 17.6 Å². The highest BCUT2D eigenvalue weighted by molar-refractivity contribution is 5.95. The number of hydrogen-bond donors (Lipinski definition) is 3. The van der Waals surface area contributed by atoms with Gasteiger partial charge in [-0.25, -0.2) is 4.79 Å². The first-order valence-corrected chi connectivity index (χ1v) is 5.54. The van der Waals surface area contributed by atoms with E-state index < -0.39 is 0 Å². The second-order valence-corrected chi connectivity index (χ2v) is 3.54. The Morgan fingerprint density at radius 2 is 1.82 bits per heavy atom. The minimum absolute atomic E-state index is 0.146. The molecule has 0 aliphatic carbocycles. The topological polar surface area (TPSA) is 70.2 Å². The summed E-state index contributed by atoms with van der Waals surface area (Å²) in [6.45, 7) is 2.63. The SMILES string of the molecule is CCCNC(=O)Nc1ccc(C(=O)NC)cc1. The molecule has 5 heteroatoms. The third-order valence-corrected chi connectivity index (χ3v) is 2.17. The maximum absolute atomic E-state index is 11.3. The number of anilines is 1. The summed E-state index contributed by atoms with van der Waals surface area (Å²) in [5.41, 5.74) is 1.22. The largest absolute Gasteiger partial charge is 0.355 e. The maximum atomic E-state index is 11.3. The van der Waals surface area contributed by atoms with Gasteiger partial charge in [0.05, 0.1) is 0 Å². The summed E-state index contributed by atoms with van der Waals surface area (Å²) in [4.78, 5) is 22.6. The van der Waals surface area contributed by atoms with E-state index in [0.29, 0.717) is 17.8 Å². The van der Waals surface area contributed by atoms with Crippen LogP contribution < -0.4 is 16.0 Å². The molecule has 0 fully saturated rings. The lowest BCUT2D eigenvalue weighted by Gasteiger charge is -2.07. The summed E-state index contributed by atoms with van der Waals surface area (Å²) in [5.74, 6) is -0.146. The highest BCUT2D eigenvalue weighted by Crippen LogP contribution is 2.09. The smallest absolute Gasteiger partial charge is 0.319 e. The molecule has 3 N–H and O–H groups in total. The lowest BCUT2D eigenvalue weighted by molar-refractivity contribution is 0.0963. The summed E-state index contributed by atoms with van der Waals surface area (Å²) < 4.78 is 0. The summed E-state index contributed by atoms with van der Waals surface area (Å²) in [6.07, 6.45) is 0.892. The Balaban J connectivity index is 2.56. The number of rotatable bonds is 4. The normalized spacial score (nSPS) is 9.53. The van der Waals surface area contributed by atoms with E-state index in [1.807, 2.05) is 6.92 Å². The summed E-state index contributed by atoms with van der Waals surface area (Å²) >= 11 is 0. The second-order valence-electron chi connectivity index (χ2n) is 3.54. The van der Waals surface area contributed by atoms with Crippen molar-refractivity contribution in [2.45, 2.75) is 13.3 Å². The van der Waals surface area contributed by atoms with Crippen LogP contribution in [0.25, 0.3) is 0 Å². The van der Waals surface area contributed by atoms with Crippen molar-refractivity contribution in [1.82, 2.24) is 10.6 Å². The number of amides is 3. The van der Waals surface area contributed by atoms with Crippen molar-refractivity contribution in [3.8, 4) is 0 Å². The Bertz CT molecular complexity index is 387. The lowest BCUT2D eigenvalue weighted by Crippen LogP contribution is -2.29. The predicted octanol–water partition coefficient (Wildman–Crippen LogP) is 1.58. The monoisotopic (exact) mass is 235 g/mol. The van der Waals surface area contributed by atoms with E-state index in [1.54, 1.807) is 31.3 Å². The molecule has 0 saturated carbocycles. The molecule has 92 valence electrons.